The molecule has 66 valence electrons. The first-order valence-corrected chi connectivity index (χ1v) is 2.88. The van der Waals surface area contributed by atoms with Crippen LogP contribution in [-0.2, 0) is 0 Å². The van der Waals surface area contributed by atoms with Crippen molar-refractivity contribution in [2.24, 2.45) is 0 Å². The molecule has 0 unspecified atom stereocenters. The van der Waals surface area contributed by atoms with Gasteiger partial charge >= 0.3 is 0 Å². The summed E-state index contributed by atoms with van der Waals surface area (Å²) in [5.74, 6) is -2.06. The molecule has 4 N–H and O–H groups in total. The van der Waals surface area contributed by atoms with Gasteiger partial charge in [-0.1, -0.05) is 0 Å². The molecule has 12 heavy (non-hydrogen) atoms. The maximum Gasteiger partial charge on any atom is 0.256 e. The second-order valence-electron chi connectivity index (χ2n) is 1.94. The van der Waals surface area contributed by atoms with Gasteiger partial charge in [0.05, 0.1) is 0 Å². The molecule has 0 atom stereocenters. The van der Waals surface area contributed by atoms with Gasteiger partial charge in [0.1, 0.15) is 0 Å². The third kappa shape index (κ3) is 1.20. The standard InChI is InChI=1S/C6H6O6/c7-3-1-2-4(8)6(12-10)5(3)11-9/h1-2,7-10H. The van der Waals surface area contributed by atoms with Crippen LogP contribution in [0.25, 0.3) is 0 Å². The van der Waals surface area contributed by atoms with Crippen LogP contribution < -0.4 is 9.78 Å². The summed E-state index contributed by atoms with van der Waals surface area (Å²) in [4.78, 5) is 7.31. The Labute approximate surface area is 66.7 Å². The minimum atomic E-state index is -0.558. The van der Waals surface area contributed by atoms with E-state index >= 15 is 0 Å². The molecule has 0 bridgehead atoms. The highest BCUT2D eigenvalue weighted by atomic mass is 17.1. The van der Waals surface area contributed by atoms with Gasteiger partial charge in [-0.05, 0) is 12.1 Å². The third-order valence-corrected chi connectivity index (χ3v) is 1.25. The molecule has 0 aliphatic rings. The summed E-state index contributed by atoms with van der Waals surface area (Å²) in [6, 6.07) is 2.12. The molecule has 0 heterocycles. The van der Waals surface area contributed by atoms with Crippen LogP contribution in [0.3, 0.4) is 0 Å². The molecule has 1 rings (SSSR count). The van der Waals surface area contributed by atoms with E-state index in [1.807, 2.05) is 0 Å². The molecule has 6 heteroatoms. The van der Waals surface area contributed by atoms with E-state index in [2.05, 4.69) is 9.78 Å². The number of hydrogen-bond acceptors (Lipinski definition) is 6. The molecular formula is C6H6O6. The van der Waals surface area contributed by atoms with Gasteiger partial charge in [-0.3, -0.25) is 0 Å². The lowest BCUT2D eigenvalue weighted by Crippen LogP contribution is -1.91. The Morgan fingerprint density at radius 1 is 0.833 bits per heavy atom. The highest BCUT2D eigenvalue weighted by molar-refractivity contribution is 5.57. The van der Waals surface area contributed by atoms with Crippen LogP contribution in [-0.4, -0.2) is 20.7 Å². The maximum atomic E-state index is 8.96. The zero-order valence-corrected chi connectivity index (χ0v) is 5.76. The zero-order valence-electron chi connectivity index (χ0n) is 5.76. The fourth-order valence-electron chi connectivity index (χ4n) is 0.718. The number of hydrogen-bond donors (Lipinski definition) is 4. The van der Waals surface area contributed by atoms with Crippen molar-refractivity contribution < 1.29 is 30.5 Å². The molecule has 0 aliphatic heterocycles. The van der Waals surface area contributed by atoms with Crippen molar-refractivity contribution in [2.45, 2.75) is 0 Å². The predicted molar refractivity (Wildman–Crippen MR) is 36.3 cm³/mol. The van der Waals surface area contributed by atoms with Gasteiger partial charge in [0, 0.05) is 0 Å². The third-order valence-electron chi connectivity index (χ3n) is 1.25. The van der Waals surface area contributed by atoms with Crippen molar-refractivity contribution in [2.75, 3.05) is 0 Å². The van der Waals surface area contributed by atoms with Crippen LogP contribution in [0.1, 0.15) is 0 Å². The normalized spacial score (nSPS) is 9.50. The van der Waals surface area contributed by atoms with Gasteiger partial charge in [0.25, 0.3) is 11.5 Å². The minimum absolute atomic E-state index is 0.473. The monoisotopic (exact) mass is 174 g/mol. The van der Waals surface area contributed by atoms with Crippen LogP contribution in [0.4, 0.5) is 0 Å². The highest BCUT2D eigenvalue weighted by Crippen LogP contribution is 2.42. The van der Waals surface area contributed by atoms with Gasteiger partial charge in [0.15, 0.2) is 11.5 Å². The zero-order chi connectivity index (χ0) is 9.14. The Morgan fingerprint density at radius 2 is 1.17 bits per heavy atom. The van der Waals surface area contributed by atoms with Gasteiger partial charge in [0.2, 0.25) is 0 Å². The maximum absolute atomic E-state index is 8.96. The summed E-state index contributed by atoms with van der Waals surface area (Å²) in [5.41, 5.74) is 0. The summed E-state index contributed by atoms with van der Waals surface area (Å²) >= 11 is 0. The molecule has 0 amide bonds. The lowest BCUT2D eigenvalue weighted by atomic mass is 10.3. The van der Waals surface area contributed by atoms with Crippen LogP contribution in [0, 0.1) is 0 Å². The number of benzene rings is 1. The van der Waals surface area contributed by atoms with Crippen molar-refractivity contribution in [1.29, 1.82) is 0 Å². The Kier molecular flexibility index (Phi) is 2.22. The first-order chi connectivity index (χ1) is 5.70. The van der Waals surface area contributed by atoms with Gasteiger partial charge < -0.3 is 20.0 Å². The summed E-state index contributed by atoms with van der Waals surface area (Å²) in [6.07, 6.45) is 0. The smallest absolute Gasteiger partial charge is 0.256 e. The topological polar surface area (TPSA) is 99.4 Å². The number of phenols is 2. The van der Waals surface area contributed by atoms with E-state index in [1.165, 1.54) is 0 Å². The lowest BCUT2D eigenvalue weighted by Gasteiger charge is -2.05. The van der Waals surface area contributed by atoms with Crippen molar-refractivity contribution in [1.82, 2.24) is 0 Å². The summed E-state index contributed by atoms with van der Waals surface area (Å²) in [5, 5.41) is 34.3. The fourth-order valence-corrected chi connectivity index (χ4v) is 0.718. The molecule has 1 aromatic carbocycles. The van der Waals surface area contributed by atoms with E-state index < -0.39 is 23.0 Å². The fraction of sp³-hybridized carbons (Fsp3) is 0. The second-order valence-corrected chi connectivity index (χ2v) is 1.94. The Bertz CT molecular complexity index is 255. The molecule has 0 aromatic heterocycles. The van der Waals surface area contributed by atoms with Crippen LogP contribution in [0.2, 0.25) is 0 Å². The molecule has 0 fully saturated rings. The van der Waals surface area contributed by atoms with Crippen LogP contribution in [0.15, 0.2) is 12.1 Å². The molecule has 6 nitrogen and oxygen atoms in total. The summed E-state index contributed by atoms with van der Waals surface area (Å²) in [7, 11) is 0. The molecule has 0 spiro atoms. The summed E-state index contributed by atoms with van der Waals surface area (Å²) in [6.45, 7) is 0. The van der Waals surface area contributed by atoms with Gasteiger partial charge in [-0.15, -0.1) is 0 Å². The molecule has 0 saturated carbocycles. The average Bonchev–Trinajstić information content (AvgIpc) is 2.08. The Hall–Kier alpha value is -1.66. The molecule has 1 aromatic rings. The van der Waals surface area contributed by atoms with E-state index in [1.54, 1.807) is 0 Å². The van der Waals surface area contributed by atoms with E-state index in [0.29, 0.717) is 0 Å². The first-order valence-electron chi connectivity index (χ1n) is 2.88. The molecule has 0 saturated heterocycles. The SMILES string of the molecule is OOc1c(O)ccc(O)c1OO. The Morgan fingerprint density at radius 3 is 1.42 bits per heavy atom. The minimum Gasteiger partial charge on any atom is -0.504 e. The average molecular weight is 174 g/mol. The molecule has 0 aliphatic carbocycles. The van der Waals surface area contributed by atoms with Crippen molar-refractivity contribution in [3.63, 3.8) is 0 Å². The van der Waals surface area contributed by atoms with Crippen LogP contribution in [0.5, 0.6) is 23.0 Å². The predicted octanol–water partition coefficient (Wildman–Crippen LogP) is 0.801. The first kappa shape index (κ1) is 8.44. The van der Waals surface area contributed by atoms with Gasteiger partial charge in [-0.25, -0.2) is 10.5 Å². The van der Waals surface area contributed by atoms with E-state index in [9.17, 15) is 0 Å². The number of phenolic OH excluding ortho intramolecular Hbond substituents is 2. The van der Waals surface area contributed by atoms with Crippen molar-refractivity contribution in [3.05, 3.63) is 12.1 Å². The highest BCUT2D eigenvalue weighted by Gasteiger charge is 2.16. The quantitative estimate of drug-likeness (QED) is 0.300. The van der Waals surface area contributed by atoms with Gasteiger partial charge in [-0.2, -0.15) is 0 Å². The Balaban J connectivity index is 3.28. The van der Waals surface area contributed by atoms with E-state index in [-0.39, 0.29) is 0 Å². The van der Waals surface area contributed by atoms with Crippen molar-refractivity contribution in [3.8, 4) is 23.0 Å². The lowest BCUT2D eigenvalue weighted by molar-refractivity contribution is -0.166. The van der Waals surface area contributed by atoms with Crippen LogP contribution >= 0.6 is 0 Å². The largest absolute Gasteiger partial charge is 0.504 e. The van der Waals surface area contributed by atoms with Crippen molar-refractivity contribution >= 4 is 0 Å². The van der Waals surface area contributed by atoms with E-state index in [0.717, 1.165) is 12.1 Å². The molecular weight excluding hydrogens is 168 g/mol. The molecule has 0 radical (unpaired) electrons. The number of rotatable bonds is 2. The summed E-state index contributed by atoms with van der Waals surface area (Å²) < 4.78 is 0. The second kappa shape index (κ2) is 3.16. The van der Waals surface area contributed by atoms with E-state index in [4.69, 9.17) is 20.7 Å². The number of aromatic hydroxyl groups is 2.